The Morgan fingerprint density at radius 3 is 2.44 bits per heavy atom. The van der Waals surface area contributed by atoms with Crippen molar-refractivity contribution in [3.05, 3.63) is 29.8 Å². The predicted molar refractivity (Wildman–Crippen MR) is 97.4 cm³/mol. The molecule has 0 atom stereocenters. The van der Waals surface area contributed by atoms with Gasteiger partial charge in [-0.2, -0.15) is 0 Å². The van der Waals surface area contributed by atoms with E-state index in [0.29, 0.717) is 19.6 Å². The summed E-state index contributed by atoms with van der Waals surface area (Å²) in [5, 5.41) is 15.1. The Labute approximate surface area is 149 Å². The Kier molecular flexibility index (Phi) is 7.10. The summed E-state index contributed by atoms with van der Waals surface area (Å²) in [5.74, 6) is 0.487. The topological polar surface area (TPSA) is 81.7 Å². The quantitative estimate of drug-likeness (QED) is 0.691. The number of hydrogen-bond donors (Lipinski definition) is 3. The van der Waals surface area contributed by atoms with Crippen molar-refractivity contribution in [2.24, 2.45) is 5.92 Å². The highest BCUT2D eigenvalue weighted by Gasteiger charge is 2.24. The average molecular weight is 347 g/mol. The molecule has 25 heavy (non-hydrogen) atoms. The number of amides is 3. The lowest BCUT2D eigenvalue weighted by Gasteiger charge is -2.33. The summed E-state index contributed by atoms with van der Waals surface area (Å²) >= 11 is 0. The van der Waals surface area contributed by atoms with E-state index < -0.39 is 0 Å². The van der Waals surface area contributed by atoms with E-state index in [9.17, 15) is 14.7 Å². The fourth-order valence-corrected chi connectivity index (χ4v) is 3.00. The standard InChI is InChI=1S/C19H29N3O3/c1-14(2)18(24)22-12-9-16(10-13-22)21-19(25)20-11-3-4-15-5-7-17(23)8-6-15/h5-8,14,16,23H,3-4,9-13H2,1-2H3,(H2,20,21,25). The van der Waals surface area contributed by atoms with Gasteiger partial charge in [-0.1, -0.05) is 26.0 Å². The van der Waals surface area contributed by atoms with Crippen LogP contribution in [0.25, 0.3) is 0 Å². The number of aryl methyl sites for hydroxylation is 1. The predicted octanol–water partition coefficient (Wildman–Crippen LogP) is 2.27. The lowest BCUT2D eigenvalue weighted by molar-refractivity contribution is -0.135. The summed E-state index contributed by atoms with van der Waals surface area (Å²) in [7, 11) is 0. The Morgan fingerprint density at radius 2 is 1.84 bits per heavy atom. The van der Waals surface area contributed by atoms with Gasteiger partial charge in [0.05, 0.1) is 0 Å². The third-order valence-electron chi connectivity index (χ3n) is 4.50. The van der Waals surface area contributed by atoms with E-state index in [1.54, 1.807) is 12.1 Å². The molecule has 1 aromatic carbocycles. The summed E-state index contributed by atoms with van der Waals surface area (Å²) in [4.78, 5) is 25.8. The number of likely N-dealkylation sites (tertiary alicyclic amines) is 1. The molecular weight excluding hydrogens is 318 g/mol. The van der Waals surface area contributed by atoms with Crippen LogP contribution >= 0.6 is 0 Å². The maximum Gasteiger partial charge on any atom is 0.315 e. The number of rotatable bonds is 6. The van der Waals surface area contributed by atoms with E-state index in [1.165, 1.54) is 0 Å². The lowest BCUT2D eigenvalue weighted by atomic mass is 10.0. The van der Waals surface area contributed by atoms with Crippen LogP contribution in [0.5, 0.6) is 5.75 Å². The molecule has 6 nitrogen and oxygen atoms in total. The second-order valence-electron chi connectivity index (χ2n) is 6.92. The van der Waals surface area contributed by atoms with E-state index in [-0.39, 0.29) is 29.6 Å². The molecule has 1 aromatic rings. The van der Waals surface area contributed by atoms with Crippen LogP contribution in [-0.4, -0.2) is 47.6 Å². The highest BCUT2D eigenvalue weighted by Crippen LogP contribution is 2.13. The first-order chi connectivity index (χ1) is 12.0. The fraction of sp³-hybridized carbons (Fsp3) is 0.579. The van der Waals surface area contributed by atoms with Gasteiger partial charge < -0.3 is 20.6 Å². The van der Waals surface area contributed by atoms with Crippen LogP contribution in [0.4, 0.5) is 4.79 Å². The number of nitrogens with one attached hydrogen (secondary N) is 2. The number of aromatic hydroxyl groups is 1. The van der Waals surface area contributed by atoms with Crippen LogP contribution in [0.1, 0.15) is 38.7 Å². The minimum atomic E-state index is -0.139. The van der Waals surface area contributed by atoms with Gasteiger partial charge in [-0.3, -0.25) is 4.79 Å². The van der Waals surface area contributed by atoms with Crippen molar-refractivity contribution in [2.75, 3.05) is 19.6 Å². The number of phenolic OH excluding ortho intramolecular Hbond substituents is 1. The summed E-state index contributed by atoms with van der Waals surface area (Å²) in [6.07, 6.45) is 3.31. The van der Waals surface area contributed by atoms with E-state index in [2.05, 4.69) is 10.6 Å². The molecule has 0 unspecified atom stereocenters. The lowest BCUT2D eigenvalue weighted by Crippen LogP contribution is -2.49. The fourth-order valence-electron chi connectivity index (χ4n) is 3.00. The molecule has 3 N–H and O–H groups in total. The van der Waals surface area contributed by atoms with Crippen LogP contribution in [0, 0.1) is 5.92 Å². The van der Waals surface area contributed by atoms with E-state index in [4.69, 9.17) is 0 Å². The molecule has 1 saturated heterocycles. The van der Waals surface area contributed by atoms with Crippen molar-refractivity contribution in [1.82, 2.24) is 15.5 Å². The molecule has 0 aromatic heterocycles. The van der Waals surface area contributed by atoms with Gasteiger partial charge in [0.25, 0.3) is 0 Å². The average Bonchev–Trinajstić information content (AvgIpc) is 2.60. The van der Waals surface area contributed by atoms with Crippen molar-refractivity contribution >= 4 is 11.9 Å². The molecule has 2 rings (SSSR count). The van der Waals surface area contributed by atoms with Crippen molar-refractivity contribution < 1.29 is 14.7 Å². The number of carbonyl (C=O) groups excluding carboxylic acids is 2. The van der Waals surface area contributed by atoms with E-state index in [1.807, 2.05) is 30.9 Å². The van der Waals surface area contributed by atoms with Gasteiger partial charge in [0.2, 0.25) is 5.91 Å². The molecule has 6 heteroatoms. The zero-order valence-electron chi connectivity index (χ0n) is 15.1. The number of hydrogen-bond acceptors (Lipinski definition) is 3. The first-order valence-corrected chi connectivity index (χ1v) is 9.06. The van der Waals surface area contributed by atoms with Gasteiger partial charge in [0, 0.05) is 31.6 Å². The Balaban J connectivity index is 1.60. The Morgan fingerprint density at radius 1 is 1.20 bits per heavy atom. The molecule has 0 radical (unpaired) electrons. The number of urea groups is 1. The maximum absolute atomic E-state index is 12.0. The molecule has 1 heterocycles. The van der Waals surface area contributed by atoms with Gasteiger partial charge in [-0.25, -0.2) is 4.79 Å². The van der Waals surface area contributed by atoms with Crippen LogP contribution in [-0.2, 0) is 11.2 Å². The number of benzene rings is 1. The minimum Gasteiger partial charge on any atom is -0.508 e. The number of phenols is 1. The largest absolute Gasteiger partial charge is 0.508 e. The summed E-state index contributed by atoms with van der Waals surface area (Å²) in [6, 6.07) is 7.12. The summed E-state index contributed by atoms with van der Waals surface area (Å²) in [5.41, 5.74) is 1.14. The van der Waals surface area contributed by atoms with Gasteiger partial charge in [-0.05, 0) is 43.4 Å². The molecule has 3 amide bonds. The first kappa shape index (κ1) is 19.1. The van der Waals surface area contributed by atoms with Gasteiger partial charge in [0.15, 0.2) is 0 Å². The molecule has 0 saturated carbocycles. The zero-order chi connectivity index (χ0) is 18.2. The summed E-state index contributed by atoms with van der Waals surface area (Å²) in [6.45, 7) is 5.86. The van der Waals surface area contributed by atoms with Gasteiger partial charge in [-0.15, -0.1) is 0 Å². The molecule has 1 aliphatic heterocycles. The normalized spacial score (nSPS) is 15.2. The number of piperidine rings is 1. The van der Waals surface area contributed by atoms with Crippen LogP contribution in [0.2, 0.25) is 0 Å². The molecule has 1 aliphatic rings. The minimum absolute atomic E-state index is 0.0291. The van der Waals surface area contributed by atoms with Crippen LogP contribution < -0.4 is 10.6 Å². The second kappa shape index (κ2) is 9.30. The molecule has 0 spiro atoms. The molecule has 0 bridgehead atoms. The Hall–Kier alpha value is -2.24. The summed E-state index contributed by atoms with van der Waals surface area (Å²) < 4.78 is 0. The van der Waals surface area contributed by atoms with Crippen molar-refractivity contribution in [3.63, 3.8) is 0 Å². The van der Waals surface area contributed by atoms with Gasteiger partial charge in [0.1, 0.15) is 5.75 Å². The van der Waals surface area contributed by atoms with Crippen molar-refractivity contribution in [1.29, 1.82) is 0 Å². The number of nitrogens with zero attached hydrogens (tertiary/aromatic N) is 1. The SMILES string of the molecule is CC(C)C(=O)N1CCC(NC(=O)NCCCc2ccc(O)cc2)CC1. The zero-order valence-corrected chi connectivity index (χ0v) is 15.1. The van der Waals surface area contributed by atoms with Crippen molar-refractivity contribution in [2.45, 2.75) is 45.6 Å². The molecular formula is C19H29N3O3. The molecule has 1 fully saturated rings. The highest BCUT2D eigenvalue weighted by molar-refractivity contribution is 5.78. The maximum atomic E-state index is 12.0. The van der Waals surface area contributed by atoms with E-state index >= 15 is 0 Å². The smallest absolute Gasteiger partial charge is 0.315 e. The van der Waals surface area contributed by atoms with Crippen LogP contribution in [0.3, 0.4) is 0 Å². The van der Waals surface area contributed by atoms with Gasteiger partial charge >= 0.3 is 6.03 Å². The first-order valence-electron chi connectivity index (χ1n) is 9.06. The highest BCUT2D eigenvalue weighted by atomic mass is 16.3. The third kappa shape index (κ3) is 6.29. The Bertz CT molecular complexity index is 564. The monoisotopic (exact) mass is 347 g/mol. The molecule has 138 valence electrons. The van der Waals surface area contributed by atoms with E-state index in [0.717, 1.165) is 31.2 Å². The second-order valence-corrected chi connectivity index (χ2v) is 6.92. The third-order valence-corrected chi connectivity index (χ3v) is 4.50. The van der Waals surface area contributed by atoms with Crippen LogP contribution in [0.15, 0.2) is 24.3 Å². The molecule has 0 aliphatic carbocycles. The number of carbonyl (C=O) groups is 2. The van der Waals surface area contributed by atoms with Crippen molar-refractivity contribution in [3.8, 4) is 5.75 Å².